The first kappa shape index (κ1) is 22.6. The number of hydrogen-bond donors (Lipinski definition) is 1. The van der Waals surface area contributed by atoms with E-state index in [1.54, 1.807) is 30.6 Å². The number of imide groups is 1. The molecule has 1 aromatic heterocycles. The summed E-state index contributed by atoms with van der Waals surface area (Å²) in [6, 6.07) is 9.50. The molecule has 1 N–H and O–H groups in total. The lowest BCUT2D eigenvalue weighted by Gasteiger charge is -2.16. The van der Waals surface area contributed by atoms with Gasteiger partial charge in [-0.05, 0) is 59.5 Å². The molecule has 0 saturated carbocycles. The number of carbonyl (C=O) groups excluding carboxylic acids is 3. The van der Waals surface area contributed by atoms with Crippen molar-refractivity contribution in [1.82, 2.24) is 15.2 Å². The number of hydrogen-bond acceptors (Lipinski definition) is 6. The van der Waals surface area contributed by atoms with Gasteiger partial charge in [-0.1, -0.05) is 32.0 Å². The van der Waals surface area contributed by atoms with Crippen LogP contribution in [0.15, 0.2) is 47.6 Å². The third-order valence-electron chi connectivity index (χ3n) is 4.66. The molecule has 3 rings (SSSR count). The van der Waals surface area contributed by atoms with Gasteiger partial charge in [0.25, 0.3) is 17.1 Å². The molecule has 1 aliphatic heterocycles. The average molecular weight is 440 g/mol. The third-order valence-corrected chi connectivity index (χ3v) is 5.57. The summed E-state index contributed by atoms with van der Waals surface area (Å²) in [6.07, 6.45) is 4.89. The molecule has 0 radical (unpaired) electrons. The zero-order valence-electron chi connectivity index (χ0n) is 17.8. The summed E-state index contributed by atoms with van der Waals surface area (Å²) in [4.78, 5) is 42.3. The van der Waals surface area contributed by atoms with Crippen molar-refractivity contribution in [3.63, 3.8) is 0 Å². The molecule has 0 aliphatic carbocycles. The van der Waals surface area contributed by atoms with Crippen LogP contribution in [0.4, 0.5) is 4.79 Å². The van der Waals surface area contributed by atoms with Gasteiger partial charge in [-0.15, -0.1) is 0 Å². The average Bonchev–Trinajstić information content (AvgIpc) is 3.00. The van der Waals surface area contributed by atoms with Crippen molar-refractivity contribution in [3.8, 4) is 5.75 Å². The largest absolute Gasteiger partial charge is 0.483 e. The number of rotatable bonds is 8. The maximum Gasteiger partial charge on any atom is 0.293 e. The minimum Gasteiger partial charge on any atom is -0.483 e. The summed E-state index contributed by atoms with van der Waals surface area (Å²) >= 11 is 0.882. The molecule has 3 amide bonds. The molecule has 0 unspecified atom stereocenters. The number of aryl methyl sites for hydroxylation is 1. The molecule has 2 aromatic rings. The summed E-state index contributed by atoms with van der Waals surface area (Å²) in [7, 11) is 0. The Morgan fingerprint density at radius 3 is 2.81 bits per heavy atom. The molecule has 2 heterocycles. The fourth-order valence-corrected chi connectivity index (χ4v) is 3.92. The number of ether oxygens (including phenoxy) is 1. The first-order valence-electron chi connectivity index (χ1n) is 10.0. The van der Waals surface area contributed by atoms with Gasteiger partial charge < -0.3 is 10.1 Å². The van der Waals surface area contributed by atoms with E-state index in [4.69, 9.17) is 4.74 Å². The van der Waals surface area contributed by atoms with Crippen LogP contribution in [0.25, 0.3) is 6.08 Å². The maximum atomic E-state index is 12.5. The van der Waals surface area contributed by atoms with Crippen LogP contribution >= 0.6 is 11.8 Å². The Balaban J connectivity index is 1.50. The Bertz CT molecular complexity index is 1010. The number of benzene rings is 1. The van der Waals surface area contributed by atoms with Gasteiger partial charge in [0.15, 0.2) is 6.61 Å². The zero-order chi connectivity index (χ0) is 22.4. The van der Waals surface area contributed by atoms with Gasteiger partial charge in [0.1, 0.15) is 5.75 Å². The van der Waals surface area contributed by atoms with Gasteiger partial charge in [0.05, 0.1) is 4.91 Å². The van der Waals surface area contributed by atoms with E-state index in [0.717, 1.165) is 33.4 Å². The van der Waals surface area contributed by atoms with Crippen LogP contribution in [0.2, 0.25) is 0 Å². The molecule has 1 saturated heterocycles. The Morgan fingerprint density at radius 2 is 2.10 bits per heavy atom. The molecular weight excluding hydrogens is 414 g/mol. The molecule has 31 heavy (non-hydrogen) atoms. The van der Waals surface area contributed by atoms with Crippen molar-refractivity contribution < 1.29 is 19.1 Å². The van der Waals surface area contributed by atoms with Crippen LogP contribution in [0.3, 0.4) is 0 Å². The van der Waals surface area contributed by atoms with E-state index >= 15 is 0 Å². The Hall–Kier alpha value is -3.13. The Morgan fingerprint density at radius 1 is 1.29 bits per heavy atom. The highest BCUT2D eigenvalue weighted by Crippen LogP contribution is 2.31. The van der Waals surface area contributed by atoms with Gasteiger partial charge in [-0.25, -0.2) is 0 Å². The number of nitrogens with zero attached hydrogens (tertiary/aromatic N) is 2. The van der Waals surface area contributed by atoms with Gasteiger partial charge in [0.2, 0.25) is 0 Å². The molecule has 8 heteroatoms. The van der Waals surface area contributed by atoms with Crippen LogP contribution in [0.5, 0.6) is 5.75 Å². The molecule has 1 aromatic carbocycles. The van der Waals surface area contributed by atoms with E-state index in [1.807, 2.05) is 25.1 Å². The minimum absolute atomic E-state index is 0.0997. The van der Waals surface area contributed by atoms with Gasteiger partial charge in [-0.2, -0.15) is 0 Å². The predicted octanol–water partition coefficient (Wildman–Crippen LogP) is 3.74. The topological polar surface area (TPSA) is 88.6 Å². The Kier molecular flexibility index (Phi) is 7.46. The van der Waals surface area contributed by atoms with Crippen LogP contribution in [0.1, 0.15) is 36.5 Å². The first-order valence-corrected chi connectivity index (χ1v) is 10.8. The van der Waals surface area contributed by atoms with Crippen molar-refractivity contribution in [2.75, 3.05) is 19.7 Å². The van der Waals surface area contributed by atoms with Crippen molar-refractivity contribution in [1.29, 1.82) is 0 Å². The molecular formula is C23H25N3O4S. The quantitative estimate of drug-likeness (QED) is 0.631. The number of amides is 3. The summed E-state index contributed by atoms with van der Waals surface area (Å²) in [5.41, 5.74) is 2.84. The second kappa shape index (κ2) is 10.3. The highest BCUT2D eigenvalue weighted by molar-refractivity contribution is 8.18. The second-order valence-electron chi connectivity index (χ2n) is 7.45. The molecule has 162 valence electrons. The monoisotopic (exact) mass is 439 g/mol. The fourth-order valence-electron chi connectivity index (χ4n) is 3.05. The van der Waals surface area contributed by atoms with Crippen LogP contribution < -0.4 is 10.1 Å². The Labute approximate surface area is 185 Å². The van der Waals surface area contributed by atoms with E-state index < -0.39 is 0 Å². The van der Waals surface area contributed by atoms with Gasteiger partial charge >= 0.3 is 0 Å². The normalized spacial score (nSPS) is 15.1. The molecule has 1 fully saturated rings. The predicted molar refractivity (Wildman–Crippen MR) is 121 cm³/mol. The van der Waals surface area contributed by atoms with Crippen LogP contribution in [-0.2, 0) is 9.59 Å². The molecule has 0 bridgehead atoms. The smallest absolute Gasteiger partial charge is 0.293 e. The zero-order valence-corrected chi connectivity index (χ0v) is 18.6. The number of nitrogens with one attached hydrogen (secondary N) is 1. The number of carbonyl (C=O) groups is 3. The lowest BCUT2D eigenvalue weighted by molar-refractivity contribution is -0.125. The van der Waals surface area contributed by atoms with Gasteiger partial charge in [0, 0.05) is 25.5 Å². The van der Waals surface area contributed by atoms with E-state index in [0.29, 0.717) is 10.7 Å². The highest BCUT2D eigenvalue weighted by atomic mass is 32.2. The summed E-state index contributed by atoms with van der Waals surface area (Å²) in [6.45, 7) is 6.23. The maximum absolute atomic E-state index is 12.5. The summed E-state index contributed by atoms with van der Waals surface area (Å²) < 4.78 is 5.71. The van der Waals surface area contributed by atoms with E-state index in [9.17, 15) is 14.4 Å². The van der Waals surface area contributed by atoms with E-state index in [1.165, 1.54) is 0 Å². The van der Waals surface area contributed by atoms with Crippen molar-refractivity contribution >= 4 is 34.9 Å². The minimum atomic E-state index is -0.370. The number of pyridine rings is 1. The number of thioether (sulfide) groups is 1. The SMILES string of the molecule is Cc1ccc(C(C)C)c(OCC(=O)NCCN2C(=O)S/C(=C\c3cccnc3)C2=O)c1. The molecule has 0 spiro atoms. The fraction of sp³-hybridized carbons (Fsp3) is 0.304. The number of aromatic nitrogens is 1. The van der Waals surface area contributed by atoms with E-state index in [-0.39, 0.29) is 42.7 Å². The van der Waals surface area contributed by atoms with Crippen molar-refractivity contribution in [2.45, 2.75) is 26.7 Å². The highest BCUT2D eigenvalue weighted by Gasteiger charge is 2.34. The van der Waals surface area contributed by atoms with Crippen LogP contribution in [0, 0.1) is 6.92 Å². The van der Waals surface area contributed by atoms with Crippen molar-refractivity contribution in [3.05, 3.63) is 64.3 Å². The standard InChI is InChI=1S/C23H25N3O4S/c1-15(2)18-7-6-16(3)11-19(18)30-14-21(27)25-9-10-26-22(28)20(31-23(26)29)12-17-5-4-8-24-13-17/h4-8,11-13,15H,9-10,14H2,1-3H3,(H,25,27)/b20-12-. The summed E-state index contributed by atoms with van der Waals surface area (Å²) in [5.74, 6) is 0.286. The lowest BCUT2D eigenvalue weighted by Crippen LogP contribution is -2.38. The van der Waals surface area contributed by atoms with E-state index in [2.05, 4.69) is 24.1 Å². The second-order valence-corrected chi connectivity index (χ2v) is 8.45. The van der Waals surface area contributed by atoms with Crippen molar-refractivity contribution in [2.24, 2.45) is 0 Å². The molecule has 0 atom stereocenters. The summed E-state index contributed by atoms with van der Waals surface area (Å²) in [5, 5.41) is 2.35. The third kappa shape index (κ3) is 5.95. The molecule has 7 nitrogen and oxygen atoms in total. The van der Waals surface area contributed by atoms with Gasteiger partial charge in [-0.3, -0.25) is 24.3 Å². The van der Waals surface area contributed by atoms with Crippen LogP contribution in [-0.4, -0.2) is 46.6 Å². The first-order chi connectivity index (χ1) is 14.8. The lowest BCUT2D eigenvalue weighted by atomic mass is 10.0. The molecule has 1 aliphatic rings.